The Labute approximate surface area is 180 Å². The maximum absolute atomic E-state index is 5.42. The molecule has 1 saturated heterocycles. The first-order valence-electron chi connectivity index (χ1n) is 10.7. The van der Waals surface area contributed by atoms with E-state index in [0.717, 1.165) is 55.4 Å². The largest absolute Gasteiger partial charge is 0.379 e. The molecular weight excluding hydrogens is 370 g/mol. The third-order valence-corrected chi connectivity index (χ3v) is 4.86. The van der Waals surface area contributed by atoms with Crippen molar-refractivity contribution in [3.05, 3.63) is 102 Å². The Kier molecular flexibility index (Phi) is 8.63. The molecule has 3 aromatic rings. The monoisotopic (exact) mass is 401 g/mol. The van der Waals surface area contributed by atoms with Crippen LogP contribution in [0.4, 0.5) is 5.69 Å². The second kappa shape index (κ2) is 11.9. The minimum absolute atomic E-state index is 0.829. The minimum Gasteiger partial charge on any atom is -0.379 e. The van der Waals surface area contributed by atoms with Crippen LogP contribution in [0.15, 0.2) is 90.0 Å². The molecule has 1 aliphatic heterocycles. The van der Waals surface area contributed by atoms with E-state index in [1.807, 2.05) is 50.2 Å². The van der Waals surface area contributed by atoms with Crippen LogP contribution in [0.5, 0.6) is 0 Å². The van der Waals surface area contributed by atoms with Crippen LogP contribution >= 0.6 is 0 Å². The fraction of sp³-hybridized carbons (Fsp3) is 0.269. The van der Waals surface area contributed by atoms with Crippen molar-refractivity contribution in [2.24, 2.45) is 5.10 Å². The molecule has 0 radical (unpaired) electrons. The number of nitrogens with one attached hydrogen (secondary N) is 1. The first-order chi connectivity index (χ1) is 14.9. The lowest BCUT2D eigenvalue weighted by Crippen LogP contribution is -2.35. The van der Waals surface area contributed by atoms with Crippen molar-refractivity contribution in [1.82, 2.24) is 4.90 Å². The Morgan fingerprint density at radius 3 is 1.87 bits per heavy atom. The number of ether oxygens (including phenoxy) is 1. The van der Waals surface area contributed by atoms with Gasteiger partial charge in [0, 0.05) is 30.8 Å². The minimum atomic E-state index is 0.829. The summed E-state index contributed by atoms with van der Waals surface area (Å²) in [5, 5.41) is 4.72. The van der Waals surface area contributed by atoms with E-state index in [-0.39, 0.29) is 0 Å². The molecular formula is C26H31N3O. The summed E-state index contributed by atoms with van der Waals surface area (Å²) < 4.78 is 5.42. The number of anilines is 1. The topological polar surface area (TPSA) is 36.9 Å². The van der Waals surface area contributed by atoms with Crippen molar-refractivity contribution in [3.8, 4) is 0 Å². The highest BCUT2D eigenvalue weighted by molar-refractivity contribution is 6.13. The molecule has 0 bridgehead atoms. The molecule has 4 heteroatoms. The van der Waals surface area contributed by atoms with Gasteiger partial charge in [-0.2, -0.15) is 5.10 Å². The van der Waals surface area contributed by atoms with Crippen LogP contribution in [0.1, 0.15) is 30.5 Å². The summed E-state index contributed by atoms with van der Waals surface area (Å²) in [6, 6.07) is 29.0. The van der Waals surface area contributed by atoms with E-state index in [0.29, 0.717) is 0 Å². The second-order valence-corrected chi connectivity index (χ2v) is 6.89. The van der Waals surface area contributed by atoms with Crippen molar-refractivity contribution in [2.75, 3.05) is 31.7 Å². The molecule has 1 N–H and O–H groups in total. The van der Waals surface area contributed by atoms with Gasteiger partial charge in [-0.05, 0) is 17.7 Å². The highest BCUT2D eigenvalue weighted by atomic mass is 16.5. The SMILES string of the molecule is CC.c1ccc(C(=NNc2ccc(CN3CCOCC3)cc2)c2ccccc2)cc1. The Bertz CT molecular complexity index is 845. The van der Waals surface area contributed by atoms with E-state index in [1.54, 1.807) is 0 Å². The Hall–Kier alpha value is -2.95. The van der Waals surface area contributed by atoms with Crippen molar-refractivity contribution >= 4 is 11.4 Å². The Morgan fingerprint density at radius 2 is 1.33 bits per heavy atom. The van der Waals surface area contributed by atoms with E-state index < -0.39 is 0 Å². The van der Waals surface area contributed by atoms with E-state index in [4.69, 9.17) is 9.84 Å². The summed E-state index contributed by atoms with van der Waals surface area (Å²) in [6.45, 7) is 8.63. The predicted molar refractivity (Wildman–Crippen MR) is 126 cm³/mol. The molecule has 30 heavy (non-hydrogen) atoms. The maximum Gasteiger partial charge on any atom is 0.0977 e. The van der Waals surface area contributed by atoms with Gasteiger partial charge in [-0.3, -0.25) is 10.3 Å². The summed E-state index contributed by atoms with van der Waals surface area (Å²) in [7, 11) is 0. The standard InChI is InChI=1S/C24H25N3O.C2H6/c1-3-7-21(8-4-1)24(22-9-5-2-6-10-22)26-25-23-13-11-20(12-14-23)19-27-15-17-28-18-16-27;1-2/h1-14,25H,15-19H2;1-2H3. The van der Waals surface area contributed by atoms with Gasteiger partial charge in [0.25, 0.3) is 0 Å². The van der Waals surface area contributed by atoms with E-state index in [1.165, 1.54) is 5.56 Å². The molecule has 156 valence electrons. The number of hydrogen-bond donors (Lipinski definition) is 1. The number of benzene rings is 3. The summed E-state index contributed by atoms with van der Waals surface area (Å²) >= 11 is 0. The molecule has 0 amide bonds. The van der Waals surface area contributed by atoms with Crippen molar-refractivity contribution in [2.45, 2.75) is 20.4 Å². The third kappa shape index (κ3) is 6.28. The fourth-order valence-corrected chi connectivity index (χ4v) is 3.31. The Morgan fingerprint density at radius 1 is 0.800 bits per heavy atom. The molecule has 1 fully saturated rings. The zero-order valence-corrected chi connectivity index (χ0v) is 17.9. The molecule has 1 aliphatic rings. The summed E-state index contributed by atoms with van der Waals surface area (Å²) in [6.07, 6.45) is 0. The molecule has 0 spiro atoms. The van der Waals surface area contributed by atoms with Crippen LogP contribution < -0.4 is 5.43 Å². The molecule has 4 nitrogen and oxygen atoms in total. The molecule has 0 aliphatic carbocycles. The van der Waals surface area contributed by atoms with Gasteiger partial charge in [0.05, 0.1) is 24.6 Å². The number of nitrogens with zero attached hydrogens (tertiary/aromatic N) is 2. The zero-order chi connectivity index (χ0) is 21.0. The first-order valence-corrected chi connectivity index (χ1v) is 10.7. The van der Waals surface area contributed by atoms with Gasteiger partial charge in [0.15, 0.2) is 0 Å². The average Bonchev–Trinajstić information content (AvgIpc) is 2.84. The van der Waals surface area contributed by atoms with E-state index >= 15 is 0 Å². The van der Waals surface area contributed by atoms with E-state index in [2.05, 4.69) is 58.9 Å². The molecule has 1 heterocycles. The summed E-state index contributed by atoms with van der Waals surface area (Å²) in [5.74, 6) is 0. The van der Waals surface area contributed by atoms with Crippen LogP contribution in [0.25, 0.3) is 0 Å². The zero-order valence-electron chi connectivity index (χ0n) is 17.9. The van der Waals surface area contributed by atoms with Gasteiger partial charge in [0.1, 0.15) is 0 Å². The number of hydrogen-bond acceptors (Lipinski definition) is 4. The van der Waals surface area contributed by atoms with Crippen LogP contribution in [-0.4, -0.2) is 36.9 Å². The van der Waals surface area contributed by atoms with Crippen LogP contribution in [-0.2, 0) is 11.3 Å². The second-order valence-electron chi connectivity index (χ2n) is 6.89. The molecule has 0 aromatic heterocycles. The molecule has 0 unspecified atom stereocenters. The lowest BCUT2D eigenvalue weighted by Gasteiger charge is -2.26. The van der Waals surface area contributed by atoms with Crippen LogP contribution in [0, 0.1) is 0 Å². The quantitative estimate of drug-likeness (QED) is 0.443. The van der Waals surface area contributed by atoms with Gasteiger partial charge in [-0.15, -0.1) is 0 Å². The van der Waals surface area contributed by atoms with Crippen LogP contribution in [0.3, 0.4) is 0 Å². The highest BCUT2D eigenvalue weighted by Crippen LogP contribution is 2.15. The van der Waals surface area contributed by atoms with E-state index in [9.17, 15) is 0 Å². The summed E-state index contributed by atoms with van der Waals surface area (Å²) in [4.78, 5) is 2.42. The lowest BCUT2D eigenvalue weighted by molar-refractivity contribution is 0.0342. The third-order valence-electron chi connectivity index (χ3n) is 4.86. The number of rotatable bonds is 6. The Balaban J connectivity index is 0.00000124. The van der Waals surface area contributed by atoms with Crippen molar-refractivity contribution in [3.63, 3.8) is 0 Å². The van der Waals surface area contributed by atoms with Crippen LogP contribution in [0.2, 0.25) is 0 Å². The lowest BCUT2D eigenvalue weighted by atomic mass is 10.0. The normalized spacial score (nSPS) is 13.7. The molecule has 0 saturated carbocycles. The van der Waals surface area contributed by atoms with Gasteiger partial charge in [-0.1, -0.05) is 86.6 Å². The van der Waals surface area contributed by atoms with Gasteiger partial charge < -0.3 is 4.74 Å². The molecule has 0 atom stereocenters. The molecule has 4 rings (SSSR count). The number of morpholine rings is 1. The van der Waals surface area contributed by atoms with Gasteiger partial charge >= 0.3 is 0 Å². The van der Waals surface area contributed by atoms with Crippen molar-refractivity contribution in [1.29, 1.82) is 0 Å². The fourth-order valence-electron chi connectivity index (χ4n) is 3.31. The molecule has 3 aromatic carbocycles. The average molecular weight is 402 g/mol. The maximum atomic E-state index is 5.42. The predicted octanol–water partition coefficient (Wildman–Crippen LogP) is 5.41. The smallest absolute Gasteiger partial charge is 0.0977 e. The van der Waals surface area contributed by atoms with Crippen molar-refractivity contribution < 1.29 is 4.74 Å². The first kappa shape index (κ1) is 21.8. The van der Waals surface area contributed by atoms with Gasteiger partial charge in [0.2, 0.25) is 0 Å². The van der Waals surface area contributed by atoms with Gasteiger partial charge in [-0.25, -0.2) is 0 Å². The highest BCUT2D eigenvalue weighted by Gasteiger charge is 2.10. The number of hydrazone groups is 1. The summed E-state index contributed by atoms with van der Waals surface area (Å²) in [5.41, 5.74) is 8.62.